The zero-order chi connectivity index (χ0) is 26.2. The first-order chi connectivity index (χ1) is 17.3. The van der Waals surface area contributed by atoms with Gasteiger partial charge < -0.3 is 24.3 Å². The van der Waals surface area contributed by atoms with Crippen molar-refractivity contribution in [3.8, 4) is 23.0 Å². The average Bonchev–Trinajstić information content (AvgIpc) is 3.18. The molecule has 0 atom stereocenters. The van der Waals surface area contributed by atoms with Crippen LogP contribution in [0, 0.1) is 13.8 Å². The fourth-order valence-electron chi connectivity index (χ4n) is 3.77. The molecule has 1 amide bonds. The minimum Gasteiger partial charge on any atom is -0.497 e. The highest BCUT2D eigenvalue weighted by molar-refractivity contribution is 6.10. The number of nitrogens with zero attached hydrogens (tertiary/aromatic N) is 3. The molecule has 1 heterocycles. The average molecular weight is 496 g/mol. The maximum Gasteiger partial charge on any atom is 0.258 e. The van der Waals surface area contributed by atoms with Crippen molar-refractivity contribution >= 4 is 17.6 Å². The standard InChI is InChI=1S/C26H33N5O5/c1-8-31-17(3)21(16(2)30-31)15-27-26(28-19-10-9-11-20(14-19)33-4)29-25(32)18-12-22(34-5)24(36-7)23(13-18)35-6/h9-14H,8,15H2,1-7H3,(H2,27,28,29,32). The van der Waals surface area contributed by atoms with Crippen LogP contribution in [0.15, 0.2) is 41.4 Å². The molecule has 0 aliphatic carbocycles. The molecule has 36 heavy (non-hydrogen) atoms. The summed E-state index contributed by atoms with van der Waals surface area (Å²) in [6, 6.07) is 10.5. The second kappa shape index (κ2) is 12.0. The van der Waals surface area contributed by atoms with Crippen LogP contribution in [-0.2, 0) is 13.1 Å². The molecular formula is C26H33N5O5. The van der Waals surface area contributed by atoms with E-state index in [1.165, 1.54) is 21.3 Å². The molecule has 10 heteroatoms. The third kappa shape index (κ3) is 5.88. The van der Waals surface area contributed by atoms with E-state index < -0.39 is 5.91 Å². The SMILES string of the molecule is CCn1nc(C)c(CN=C(NC(=O)c2cc(OC)c(OC)c(OC)c2)Nc2cccc(OC)c2)c1C. The maximum absolute atomic E-state index is 13.3. The van der Waals surface area contributed by atoms with Gasteiger partial charge in [-0.15, -0.1) is 0 Å². The van der Waals surface area contributed by atoms with Crippen molar-refractivity contribution in [1.82, 2.24) is 15.1 Å². The molecule has 0 aliphatic heterocycles. The molecule has 0 spiro atoms. The van der Waals surface area contributed by atoms with Gasteiger partial charge in [-0.05, 0) is 45.0 Å². The highest BCUT2D eigenvalue weighted by Gasteiger charge is 2.19. The van der Waals surface area contributed by atoms with Gasteiger partial charge in [-0.2, -0.15) is 5.10 Å². The topological polar surface area (TPSA) is 108 Å². The van der Waals surface area contributed by atoms with Crippen LogP contribution in [0.4, 0.5) is 5.69 Å². The Hall–Kier alpha value is -4.21. The number of hydrogen-bond donors (Lipinski definition) is 2. The fraction of sp³-hybridized carbons (Fsp3) is 0.346. The summed E-state index contributed by atoms with van der Waals surface area (Å²) in [6.07, 6.45) is 0. The number of rotatable bonds is 9. The second-order valence-electron chi connectivity index (χ2n) is 7.86. The van der Waals surface area contributed by atoms with E-state index in [1.807, 2.05) is 49.7 Å². The molecule has 192 valence electrons. The van der Waals surface area contributed by atoms with Crippen LogP contribution >= 0.6 is 0 Å². The van der Waals surface area contributed by atoms with Gasteiger partial charge >= 0.3 is 0 Å². The maximum atomic E-state index is 13.3. The van der Waals surface area contributed by atoms with E-state index in [9.17, 15) is 4.79 Å². The molecule has 0 unspecified atom stereocenters. The summed E-state index contributed by atoms with van der Waals surface area (Å²) in [6.45, 7) is 7.11. The smallest absolute Gasteiger partial charge is 0.258 e. The number of carbonyl (C=O) groups excluding carboxylic acids is 1. The van der Waals surface area contributed by atoms with E-state index >= 15 is 0 Å². The molecule has 0 saturated heterocycles. The lowest BCUT2D eigenvalue weighted by molar-refractivity contribution is 0.0976. The first kappa shape index (κ1) is 26.4. The fourth-order valence-corrected chi connectivity index (χ4v) is 3.77. The number of carbonyl (C=O) groups is 1. The molecule has 10 nitrogen and oxygen atoms in total. The summed E-state index contributed by atoms with van der Waals surface area (Å²) in [5.41, 5.74) is 3.96. The number of aryl methyl sites for hydroxylation is 2. The number of aromatic nitrogens is 2. The minimum atomic E-state index is -0.402. The summed E-state index contributed by atoms with van der Waals surface area (Å²) >= 11 is 0. The number of guanidine groups is 1. The number of benzene rings is 2. The Morgan fingerprint density at radius 2 is 1.69 bits per heavy atom. The van der Waals surface area contributed by atoms with Crippen molar-refractivity contribution in [2.75, 3.05) is 33.8 Å². The molecular weight excluding hydrogens is 462 g/mol. The van der Waals surface area contributed by atoms with Crippen molar-refractivity contribution in [3.63, 3.8) is 0 Å². The van der Waals surface area contributed by atoms with Crippen molar-refractivity contribution in [2.45, 2.75) is 33.9 Å². The van der Waals surface area contributed by atoms with Crippen molar-refractivity contribution in [3.05, 3.63) is 58.9 Å². The Morgan fingerprint density at radius 3 is 2.25 bits per heavy atom. The number of ether oxygens (including phenoxy) is 4. The van der Waals surface area contributed by atoms with Gasteiger partial charge in [-0.25, -0.2) is 4.99 Å². The second-order valence-corrected chi connectivity index (χ2v) is 7.86. The molecule has 2 N–H and O–H groups in total. The third-order valence-electron chi connectivity index (χ3n) is 5.72. The van der Waals surface area contributed by atoms with Crippen LogP contribution in [0.5, 0.6) is 23.0 Å². The zero-order valence-electron chi connectivity index (χ0n) is 21.8. The molecule has 1 aromatic heterocycles. The van der Waals surface area contributed by atoms with Crippen LogP contribution in [0.2, 0.25) is 0 Å². The number of methoxy groups -OCH3 is 4. The van der Waals surface area contributed by atoms with E-state index in [0.717, 1.165) is 23.5 Å². The van der Waals surface area contributed by atoms with E-state index in [1.54, 1.807) is 19.2 Å². The van der Waals surface area contributed by atoms with Gasteiger partial charge in [0.2, 0.25) is 11.7 Å². The van der Waals surface area contributed by atoms with Crippen molar-refractivity contribution < 1.29 is 23.7 Å². The van der Waals surface area contributed by atoms with E-state index in [-0.39, 0.29) is 5.96 Å². The van der Waals surface area contributed by atoms with E-state index in [4.69, 9.17) is 23.9 Å². The third-order valence-corrected chi connectivity index (χ3v) is 5.72. The summed E-state index contributed by atoms with van der Waals surface area (Å²) in [5, 5.41) is 10.6. The van der Waals surface area contributed by atoms with E-state index in [0.29, 0.717) is 40.8 Å². The lowest BCUT2D eigenvalue weighted by atomic mass is 10.1. The van der Waals surface area contributed by atoms with Crippen molar-refractivity contribution in [1.29, 1.82) is 0 Å². The van der Waals surface area contributed by atoms with E-state index in [2.05, 4.69) is 15.7 Å². The summed E-state index contributed by atoms with van der Waals surface area (Å²) in [4.78, 5) is 18.0. The molecule has 0 bridgehead atoms. The molecule has 2 aromatic carbocycles. The number of amides is 1. The molecule has 3 rings (SSSR count). The van der Waals surface area contributed by atoms with Crippen LogP contribution in [-0.4, -0.2) is 50.1 Å². The Balaban J connectivity index is 1.95. The summed E-state index contributed by atoms with van der Waals surface area (Å²) in [7, 11) is 6.10. The van der Waals surface area contributed by atoms with Gasteiger partial charge in [0.05, 0.1) is 40.7 Å². The molecule has 0 aliphatic rings. The quantitative estimate of drug-likeness (QED) is 0.342. The van der Waals surface area contributed by atoms with Crippen LogP contribution in [0.3, 0.4) is 0 Å². The number of anilines is 1. The lowest BCUT2D eigenvalue weighted by Crippen LogP contribution is -2.36. The van der Waals surface area contributed by atoms with Gasteiger partial charge in [-0.3, -0.25) is 14.8 Å². The molecule has 3 aromatic rings. The Morgan fingerprint density at radius 1 is 1.00 bits per heavy atom. The molecule has 0 radical (unpaired) electrons. The summed E-state index contributed by atoms with van der Waals surface area (Å²) in [5.74, 6) is 1.69. The zero-order valence-corrected chi connectivity index (χ0v) is 21.8. The monoisotopic (exact) mass is 495 g/mol. The highest BCUT2D eigenvalue weighted by Crippen LogP contribution is 2.38. The van der Waals surface area contributed by atoms with Crippen molar-refractivity contribution in [2.24, 2.45) is 4.99 Å². The predicted molar refractivity (Wildman–Crippen MR) is 139 cm³/mol. The Kier molecular flexibility index (Phi) is 8.77. The Labute approximate surface area is 211 Å². The van der Waals surface area contributed by atoms with Gasteiger partial charge in [0.25, 0.3) is 5.91 Å². The first-order valence-corrected chi connectivity index (χ1v) is 11.4. The predicted octanol–water partition coefficient (Wildman–Crippen LogP) is 3.95. The molecule has 0 saturated carbocycles. The van der Waals surface area contributed by atoms with Gasteiger partial charge in [0.15, 0.2) is 11.5 Å². The number of aliphatic imine (C=N–C) groups is 1. The highest BCUT2D eigenvalue weighted by atomic mass is 16.5. The largest absolute Gasteiger partial charge is 0.497 e. The van der Waals surface area contributed by atoms with Crippen LogP contribution < -0.4 is 29.6 Å². The van der Waals surface area contributed by atoms with Gasteiger partial charge in [0, 0.05) is 35.1 Å². The van der Waals surface area contributed by atoms with Gasteiger partial charge in [-0.1, -0.05) is 6.07 Å². The minimum absolute atomic E-state index is 0.269. The summed E-state index contributed by atoms with van der Waals surface area (Å²) < 4.78 is 23.4. The number of hydrogen-bond acceptors (Lipinski definition) is 7. The normalized spacial score (nSPS) is 11.1. The van der Waals surface area contributed by atoms with Crippen LogP contribution in [0.25, 0.3) is 0 Å². The number of nitrogens with one attached hydrogen (secondary N) is 2. The Bertz CT molecular complexity index is 1230. The van der Waals surface area contributed by atoms with Gasteiger partial charge in [0.1, 0.15) is 5.75 Å². The lowest BCUT2D eigenvalue weighted by Gasteiger charge is -2.15. The molecule has 0 fully saturated rings. The first-order valence-electron chi connectivity index (χ1n) is 11.4. The van der Waals surface area contributed by atoms with Crippen LogP contribution in [0.1, 0.15) is 34.2 Å².